The Kier molecular flexibility index (Phi) is 3.32. The Morgan fingerprint density at radius 3 is 2.53 bits per heavy atom. The Labute approximate surface area is 120 Å². The van der Waals surface area contributed by atoms with Crippen LogP contribution in [-0.4, -0.2) is 9.97 Å². The van der Waals surface area contributed by atoms with Crippen LogP contribution < -0.4 is 0 Å². The second-order valence-corrected chi connectivity index (χ2v) is 5.36. The zero-order valence-electron chi connectivity index (χ0n) is 10.3. The first-order valence-corrected chi connectivity index (χ1v) is 7.19. The van der Waals surface area contributed by atoms with Gasteiger partial charge in [0.1, 0.15) is 5.15 Å². The molecule has 0 bridgehead atoms. The topological polar surface area (TPSA) is 25.8 Å². The molecule has 0 saturated heterocycles. The van der Waals surface area contributed by atoms with Crippen molar-refractivity contribution in [1.29, 1.82) is 0 Å². The highest BCUT2D eigenvalue weighted by atomic mass is 35.5. The van der Waals surface area contributed by atoms with Crippen molar-refractivity contribution in [2.24, 2.45) is 0 Å². The summed E-state index contributed by atoms with van der Waals surface area (Å²) in [7, 11) is 0. The first-order chi connectivity index (χ1) is 9.24. The number of nitrogens with zero attached hydrogens (tertiary/aromatic N) is 2. The number of hydrogen-bond acceptors (Lipinski definition) is 3. The Morgan fingerprint density at radius 2 is 1.84 bits per heavy atom. The lowest BCUT2D eigenvalue weighted by Crippen LogP contribution is -1.93. The van der Waals surface area contributed by atoms with Crippen LogP contribution in [0.5, 0.6) is 0 Å². The van der Waals surface area contributed by atoms with E-state index in [0.717, 1.165) is 16.8 Å². The number of benzene rings is 1. The highest BCUT2D eigenvalue weighted by Crippen LogP contribution is 2.28. The molecule has 3 aromatic rings. The highest BCUT2D eigenvalue weighted by Gasteiger charge is 2.10. The molecule has 2 nitrogen and oxygen atoms in total. The molecule has 1 aromatic carbocycles. The van der Waals surface area contributed by atoms with Crippen LogP contribution in [0.15, 0.2) is 47.2 Å². The lowest BCUT2D eigenvalue weighted by molar-refractivity contribution is 1.18. The predicted octanol–water partition coefficient (Wildman–Crippen LogP) is 4.83. The third-order valence-electron chi connectivity index (χ3n) is 2.86. The summed E-state index contributed by atoms with van der Waals surface area (Å²) in [4.78, 5) is 8.94. The van der Waals surface area contributed by atoms with Crippen LogP contribution in [0.25, 0.3) is 22.6 Å². The van der Waals surface area contributed by atoms with Gasteiger partial charge in [0, 0.05) is 22.6 Å². The molecule has 2 heterocycles. The number of halogens is 1. The van der Waals surface area contributed by atoms with Crippen molar-refractivity contribution >= 4 is 22.9 Å². The Hall–Kier alpha value is -1.71. The van der Waals surface area contributed by atoms with Crippen LogP contribution in [-0.2, 0) is 0 Å². The largest absolute Gasteiger partial charge is 0.228 e. The molecule has 0 radical (unpaired) electrons. The van der Waals surface area contributed by atoms with E-state index in [1.54, 1.807) is 17.4 Å². The molecule has 0 aliphatic rings. The lowest BCUT2D eigenvalue weighted by Gasteiger charge is -2.05. The molecule has 19 heavy (non-hydrogen) atoms. The number of aryl methyl sites for hydroxylation is 1. The number of aromatic nitrogens is 2. The van der Waals surface area contributed by atoms with Gasteiger partial charge in [-0.3, -0.25) is 0 Å². The summed E-state index contributed by atoms with van der Waals surface area (Å²) in [6, 6.07) is 11.8. The van der Waals surface area contributed by atoms with Crippen molar-refractivity contribution in [2.75, 3.05) is 0 Å². The molecule has 4 heteroatoms. The van der Waals surface area contributed by atoms with E-state index in [2.05, 4.69) is 27.7 Å². The summed E-state index contributed by atoms with van der Waals surface area (Å²) in [5.41, 5.74) is 4.11. The quantitative estimate of drug-likeness (QED) is 0.630. The Bertz CT molecular complexity index is 707. The molecule has 3 rings (SSSR count). The van der Waals surface area contributed by atoms with Crippen molar-refractivity contribution < 1.29 is 0 Å². The fourth-order valence-corrected chi connectivity index (χ4v) is 2.89. The molecule has 0 unspecified atom stereocenters. The number of hydrogen-bond donors (Lipinski definition) is 0. The molecule has 0 fully saturated rings. The van der Waals surface area contributed by atoms with Gasteiger partial charge >= 0.3 is 0 Å². The zero-order valence-corrected chi connectivity index (χ0v) is 11.9. The predicted molar refractivity (Wildman–Crippen MR) is 80.5 cm³/mol. The Balaban J connectivity index is 2.14. The zero-order chi connectivity index (χ0) is 13.2. The molecular formula is C15H11ClN2S. The first-order valence-electron chi connectivity index (χ1n) is 5.87. The van der Waals surface area contributed by atoms with Crippen molar-refractivity contribution in [1.82, 2.24) is 9.97 Å². The van der Waals surface area contributed by atoms with Crippen LogP contribution in [0.2, 0.25) is 5.15 Å². The number of rotatable bonds is 2. The van der Waals surface area contributed by atoms with Gasteiger partial charge in [-0.05, 0) is 17.9 Å². The molecule has 0 saturated carbocycles. The van der Waals surface area contributed by atoms with Crippen LogP contribution in [0.1, 0.15) is 5.56 Å². The van der Waals surface area contributed by atoms with Gasteiger partial charge in [-0.1, -0.05) is 41.9 Å². The third-order valence-corrected chi connectivity index (χ3v) is 3.92. The fourth-order valence-electron chi connectivity index (χ4n) is 1.88. The summed E-state index contributed by atoms with van der Waals surface area (Å²) in [5, 5.41) is 4.60. The van der Waals surface area contributed by atoms with Crippen molar-refractivity contribution in [3.05, 3.63) is 57.9 Å². The van der Waals surface area contributed by atoms with E-state index in [9.17, 15) is 0 Å². The maximum Gasteiger partial charge on any atom is 0.162 e. The molecule has 0 spiro atoms. The minimum absolute atomic E-state index is 0.467. The van der Waals surface area contributed by atoms with E-state index in [-0.39, 0.29) is 0 Å². The summed E-state index contributed by atoms with van der Waals surface area (Å²) < 4.78 is 0. The second-order valence-electron chi connectivity index (χ2n) is 4.23. The standard InChI is InChI=1S/C15H11ClN2S/c1-10-8-19-9-12(10)15-17-13(7-14(16)18-15)11-5-3-2-4-6-11/h2-9H,1H3. The summed E-state index contributed by atoms with van der Waals surface area (Å²) >= 11 is 7.77. The van der Waals surface area contributed by atoms with E-state index in [4.69, 9.17) is 11.6 Å². The van der Waals surface area contributed by atoms with Crippen LogP contribution in [0, 0.1) is 6.92 Å². The summed E-state index contributed by atoms with van der Waals surface area (Å²) in [6.07, 6.45) is 0. The summed E-state index contributed by atoms with van der Waals surface area (Å²) in [6.45, 7) is 2.05. The minimum atomic E-state index is 0.467. The lowest BCUT2D eigenvalue weighted by atomic mass is 10.1. The molecular weight excluding hydrogens is 276 g/mol. The van der Waals surface area contributed by atoms with Crippen molar-refractivity contribution in [2.45, 2.75) is 6.92 Å². The molecule has 0 aliphatic heterocycles. The maximum atomic E-state index is 6.12. The third kappa shape index (κ3) is 2.53. The monoisotopic (exact) mass is 286 g/mol. The smallest absolute Gasteiger partial charge is 0.162 e. The minimum Gasteiger partial charge on any atom is -0.228 e. The van der Waals surface area contributed by atoms with Gasteiger partial charge < -0.3 is 0 Å². The van der Waals surface area contributed by atoms with Crippen LogP contribution in [0.4, 0.5) is 0 Å². The van der Waals surface area contributed by atoms with Crippen molar-refractivity contribution in [3.63, 3.8) is 0 Å². The van der Waals surface area contributed by atoms with Gasteiger partial charge in [0.2, 0.25) is 0 Å². The normalized spacial score (nSPS) is 10.6. The van der Waals surface area contributed by atoms with E-state index >= 15 is 0 Å². The molecule has 0 N–H and O–H groups in total. The van der Waals surface area contributed by atoms with Gasteiger partial charge in [-0.15, -0.1) is 0 Å². The highest BCUT2D eigenvalue weighted by molar-refractivity contribution is 7.08. The van der Waals surface area contributed by atoms with Gasteiger partial charge in [-0.2, -0.15) is 11.3 Å². The molecule has 2 aromatic heterocycles. The first kappa shape index (κ1) is 12.3. The Morgan fingerprint density at radius 1 is 1.05 bits per heavy atom. The van der Waals surface area contributed by atoms with Gasteiger partial charge in [0.25, 0.3) is 0 Å². The van der Waals surface area contributed by atoms with Crippen molar-refractivity contribution in [3.8, 4) is 22.6 Å². The van der Waals surface area contributed by atoms with Gasteiger partial charge in [-0.25, -0.2) is 9.97 Å². The van der Waals surface area contributed by atoms with Gasteiger partial charge in [0.15, 0.2) is 5.82 Å². The van der Waals surface area contributed by atoms with Crippen LogP contribution in [0.3, 0.4) is 0 Å². The van der Waals surface area contributed by atoms with E-state index in [1.807, 2.05) is 30.3 Å². The van der Waals surface area contributed by atoms with E-state index in [1.165, 1.54) is 5.56 Å². The van der Waals surface area contributed by atoms with E-state index in [0.29, 0.717) is 11.0 Å². The average Bonchev–Trinajstić information content (AvgIpc) is 2.85. The molecule has 0 atom stereocenters. The second kappa shape index (κ2) is 5.11. The number of thiophene rings is 1. The fraction of sp³-hybridized carbons (Fsp3) is 0.0667. The maximum absolute atomic E-state index is 6.12. The molecule has 0 amide bonds. The molecule has 0 aliphatic carbocycles. The average molecular weight is 287 g/mol. The van der Waals surface area contributed by atoms with Crippen LogP contribution >= 0.6 is 22.9 Å². The molecule has 94 valence electrons. The SMILES string of the molecule is Cc1cscc1-c1nc(Cl)cc(-c2ccccc2)n1. The van der Waals surface area contributed by atoms with E-state index < -0.39 is 0 Å². The van der Waals surface area contributed by atoms with Gasteiger partial charge in [0.05, 0.1) is 5.69 Å². The summed E-state index contributed by atoms with van der Waals surface area (Å²) in [5.74, 6) is 0.685.